The third-order valence-corrected chi connectivity index (χ3v) is 4.17. The molecule has 3 N–H and O–H groups in total. The molecule has 0 radical (unpaired) electrons. The van der Waals surface area contributed by atoms with Crippen LogP contribution < -0.4 is 11.1 Å². The lowest BCUT2D eigenvalue weighted by Crippen LogP contribution is -2.44. The number of amides is 1. The van der Waals surface area contributed by atoms with Crippen molar-refractivity contribution in [1.29, 1.82) is 0 Å². The van der Waals surface area contributed by atoms with Crippen LogP contribution in [0, 0.1) is 0 Å². The van der Waals surface area contributed by atoms with Gasteiger partial charge in [-0.1, -0.05) is 18.2 Å². The molecule has 116 valence electrons. The largest absolute Gasteiger partial charge is 0.326 e. The van der Waals surface area contributed by atoms with Crippen molar-refractivity contribution in [3.63, 3.8) is 0 Å². The van der Waals surface area contributed by atoms with Gasteiger partial charge in [0.2, 0.25) is 5.91 Å². The Balaban J connectivity index is 1.83. The summed E-state index contributed by atoms with van der Waals surface area (Å²) in [6, 6.07) is 8.33. The van der Waals surface area contributed by atoms with Gasteiger partial charge in [0, 0.05) is 31.4 Å². The summed E-state index contributed by atoms with van der Waals surface area (Å²) in [5, 5.41) is 2.97. The van der Waals surface area contributed by atoms with E-state index < -0.39 is 0 Å². The fourth-order valence-corrected chi connectivity index (χ4v) is 2.81. The molecule has 1 aliphatic heterocycles. The third kappa shape index (κ3) is 4.52. The number of piperidine rings is 1. The number of hydrogen-bond donors (Lipinski definition) is 2. The van der Waals surface area contributed by atoms with Gasteiger partial charge in [0.25, 0.3) is 0 Å². The summed E-state index contributed by atoms with van der Waals surface area (Å²) in [6.07, 6.45) is 2.25. The first-order chi connectivity index (χ1) is 10.1. The van der Waals surface area contributed by atoms with Crippen molar-refractivity contribution in [2.75, 3.05) is 39.0 Å². The number of carbonyl (C=O) groups is 1. The molecule has 1 heterocycles. The zero-order valence-electron chi connectivity index (χ0n) is 13.0. The van der Waals surface area contributed by atoms with Gasteiger partial charge in [0.1, 0.15) is 0 Å². The summed E-state index contributed by atoms with van der Waals surface area (Å²) < 4.78 is 0. The highest BCUT2D eigenvalue weighted by Gasteiger charge is 2.22. The van der Waals surface area contributed by atoms with Gasteiger partial charge in [-0.2, -0.15) is 0 Å². The normalized spacial score (nSPS) is 17.1. The van der Waals surface area contributed by atoms with E-state index in [4.69, 9.17) is 5.73 Å². The molecule has 0 spiro atoms. The number of nitrogens with two attached hydrogens (primary N) is 1. The second-order valence-corrected chi connectivity index (χ2v) is 5.88. The molecule has 1 aliphatic rings. The van der Waals surface area contributed by atoms with Crippen LogP contribution in [0.1, 0.15) is 18.4 Å². The molecule has 1 saturated heterocycles. The second-order valence-electron chi connectivity index (χ2n) is 5.88. The van der Waals surface area contributed by atoms with E-state index in [0.717, 1.165) is 37.2 Å². The van der Waals surface area contributed by atoms with Crippen molar-refractivity contribution in [2.24, 2.45) is 5.73 Å². The van der Waals surface area contributed by atoms with E-state index in [2.05, 4.69) is 29.2 Å². The van der Waals surface area contributed by atoms with Gasteiger partial charge in [0.05, 0.1) is 6.54 Å². The molecule has 5 heteroatoms. The van der Waals surface area contributed by atoms with Crippen molar-refractivity contribution in [3.8, 4) is 0 Å². The number of benzene rings is 1. The lowest BCUT2D eigenvalue weighted by molar-refractivity contribution is -0.117. The quantitative estimate of drug-likeness (QED) is 0.853. The number of hydrogen-bond acceptors (Lipinski definition) is 4. The maximum Gasteiger partial charge on any atom is 0.238 e. The minimum absolute atomic E-state index is 0.0409. The lowest BCUT2D eigenvalue weighted by Gasteiger charge is -2.34. The van der Waals surface area contributed by atoms with Crippen molar-refractivity contribution >= 4 is 11.6 Å². The van der Waals surface area contributed by atoms with Crippen LogP contribution in [0.2, 0.25) is 0 Å². The topological polar surface area (TPSA) is 61.6 Å². The van der Waals surface area contributed by atoms with E-state index in [1.54, 1.807) is 0 Å². The Morgan fingerprint density at radius 1 is 1.33 bits per heavy atom. The van der Waals surface area contributed by atoms with Crippen molar-refractivity contribution in [2.45, 2.75) is 25.4 Å². The number of rotatable bonds is 5. The highest BCUT2D eigenvalue weighted by atomic mass is 16.2. The molecule has 0 saturated carbocycles. The summed E-state index contributed by atoms with van der Waals surface area (Å²) in [5.74, 6) is 0.0409. The number of nitrogens with zero attached hydrogens (tertiary/aromatic N) is 2. The van der Waals surface area contributed by atoms with Gasteiger partial charge >= 0.3 is 0 Å². The van der Waals surface area contributed by atoms with E-state index in [9.17, 15) is 4.79 Å². The summed E-state index contributed by atoms with van der Waals surface area (Å²) in [4.78, 5) is 16.7. The average Bonchev–Trinajstić information content (AvgIpc) is 2.48. The number of nitrogens with one attached hydrogen (secondary N) is 1. The molecule has 0 aliphatic carbocycles. The first kappa shape index (κ1) is 15.9. The summed E-state index contributed by atoms with van der Waals surface area (Å²) in [5.41, 5.74) is 7.48. The Bertz CT molecular complexity index is 467. The molecule has 0 unspecified atom stereocenters. The van der Waals surface area contributed by atoms with Crippen molar-refractivity contribution in [1.82, 2.24) is 9.80 Å². The monoisotopic (exact) mass is 290 g/mol. The predicted octanol–water partition coefficient (Wildman–Crippen LogP) is 1.11. The molecule has 1 aromatic carbocycles. The first-order valence-electron chi connectivity index (χ1n) is 7.56. The van der Waals surface area contributed by atoms with Crippen LogP contribution in [0.4, 0.5) is 5.69 Å². The zero-order chi connectivity index (χ0) is 15.2. The molecule has 1 amide bonds. The molecule has 1 fully saturated rings. The zero-order valence-corrected chi connectivity index (χ0v) is 13.0. The Kier molecular flexibility index (Phi) is 5.73. The summed E-state index contributed by atoms with van der Waals surface area (Å²) in [7, 11) is 4.24. The van der Waals surface area contributed by atoms with Crippen molar-refractivity contribution in [3.05, 3.63) is 29.8 Å². The van der Waals surface area contributed by atoms with Gasteiger partial charge in [-0.25, -0.2) is 0 Å². The minimum Gasteiger partial charge on any atom is -0.326 e. The maximum atomic E-state index is 12.2. The predicted molar refractivity (Wildman–Crippen MR) is 86.1 cm³/mol. The van der Waals surface area contributed by atoms with Gasteiger partial charge < -0.3 is 16.0 Å². The molecular weight excluding hydrogens is 264 g/mol. The van der Waals surface area contributed by atoms with Gasteiger partial charge in [-0.15, -0.1) is 0 Å². The summed E-state index contributed by atoms with van der Waals surface area (Å²) in [6.45, 7) is 2.85. The van der Waals surface area contributed by atoms with Crippen LogP contribution in [0.25, 0.3) is 0 Å². The van der Waals surface area contributed by atoms with E-state index in [1.807, 2.05) is 24.3 Å². The van der Waals surface area contributed by atoms with Crippen molar-refractivity contribution < 1.29 is 4.79 Å². The average molecular weight is 290 g/mol. The van der Waals surface area contributed by atoms with E-state index in [0.29, 0.717) is 19.1 Å². The highest BCUT2D eigenvalue weighted by molar-refractivity contribution is 5.93. The van der Waals surface area contributed by atoms with Gasteiger partial charge in [0.15, 0.2) is 0 Å². The number of carbonyl (C=O) groups excluding carboxylic acids is 1. The first-order valence-corrected chi connectivity index (χ1v) is 7.56. The molecular formula is C16H26N4O. The fraction of sp³-hybridized carbons (Fsp3) is 0.562. The van der Waals surface area contributed by atoms with Crippen LogP contribution in [0.3, 0.4) is 0 Å². The second kappa shape index (κ2) is 7.54. The molecule has 0 bridgehead atoms. The molecule has 5 nitrogen and oxygen atoms in total. The Labute approximate surface area is 127 Å². The molecule has 1 aromatic rings. The smallest absolute Gasteiger partial charge is 0.238 e. The van der Waals surface area contributed by atoms with E-state index in [-0.39, 0.29) is 5.91 Å². The Morgan fingerprint density at radius 3 is 2.62 bits per heavy atom. The number of para-hydroxylation sites is 1. The molecule has 2 rings (SSSR count). The summed E-state index contributed by atoms with van der Waals surface area (Å²) >= 11 is 0. The third-order valence-electron chi connectivity index (χ3n) is 4.17. The van der Waals surface area contributed by atoms with Crippen LogP contribution >= 0.6 is 0 Å². The Morgan fingerprint density at radius 2 is 2.00 bits per heavy atom. The van der Waals surface area contributed by atoms with Crippen LogP contribution in [-0.2, 0) is 11.3 Å². The SMILES string of the molecule is CN(C)C1CCN(CC(=O)Nc2ccccc2CN)CC1. The molecule has 0 atom stereocenters. The van der Waals surface area contributed by atoms with E-state index in [1.165, 1.54) is 0 Å². The maximum absolute atomic E-state index is 12.2. The minimum atomic E-state index is 0.0409. The fourth-order valence-electron chi connectivity index (χ4n) is 2.81. The number of anilines is 1. The van der Waals surface area contributed by atoms with Crippen LogP contribution in [0.15, 0.2) is 24.3 Å². The van der Waals surface area contributed by atoms with E-state index >= 15 is 0 Å². The van der Waals surface area contributed by atoms with Gasteiger partial charge in [-0.3, -0.25) is 9.69 Å². The van der Waals surface area contributed by atoms with Gasteiger partial charge in [-0.05, 0) is 38.6 Å². The standard InChI is InChI=1S/C16H26N4O/c1-19(2)14-7-9-20(10-8-14)12-16(21)18-15-6-4-3-5-13(15)11-17/h3-6,14H,7-12,17H2,1-2H3,(H,18,21). The molecule has 0 aromatic heterocycles. The van der Waals surface area contributed by atoms with Crippen LogP contribution in [-0.4, -0.2) is 55.5 Å². The highest BCUT2D eigenvalue weighted by Crippen LogP contribution is 2.16. The lowest BCUT2D eigenvalue weighted by atomic mass is 10.0. The molecule has 21 heavy (non-hydrogen) atoms. The Hall–Kier alpha value is -1.43. The number of likely N-dealkylation sites (tertiary alicyclic amines) is 1. The van der Waals surface area contributed by atoms with Crippen LogP contribution in [0.5, 0.6) is 0 Å².